The van der Waals surface area contributed by atoms with Crippen LogP contribution in [0.4, 0.5) is 4.39 Å². The molecular formula is C17H18FN3O5S. The molecule has 0 aliphatic carbocycles. The first-order valence-corrected chi connectivity index (χ1v) is 9.24. The van der Waals surface area contributed by atoms with Gasteiger partial charge in [0.2, 0.25) is 10.0 Å². The minimum Gasteiger partial charge on any atom is -0.497 e. The number of hydrogen-bond acceptors (Lipinski definition) is 5. The van der Waals surface area contributed by atoms with Crippen LogP contribution in [0.3, 0.4) is 0 Å². The van der Waals surface area contributed by atoms with E-state index in [2.05, 4.69) is 4.72 Å². The normalized spacial score (nSPS) is 12.1. The van der Waals surface area contributed by atoms with Crippen LogP contribution in [-0.4, -0.2) is 33.4 Å². The van der Waals surface area contributed by atoms with Crippen LogP contribution in [0.5, 0.6) is 5.75 Å². The number of hydrazine groups is 1. The van der Waals surface area contributed by atoms with E-state index in [0.717, 1.165) is 6.07 Å². The molecule has 0 bridgehead atoms. The van der Waals surface area contributed by atoms with Gasteiger partial charge in [-0.1, -0.05) is 12.1 Å². The lowest BCUT2D eigenvalue weighted by Crippen LogP contribution is -2.51. The Kier molecular flexibility index (Phi) is 6.48. The maximum atomic E-state index is 13.5. The van der Waals surface area contributed by atoms with Gasteiger partial charge >= 0.3 is 0 Å². The summed E-state index contributed by atoms with van der Waals surface area (Å²) < 4.78 is 45.2. The summed E-state index contributed by atoms with van der Waals surface area (Å²) in [7, 11) is -2.52. The molecule has 10 heteroatoms. The Morgan fingerprint density at radius 1 is 1.04 bits per heavy atom. The summed E-state index contributed by atoms with van der Waals surface area (Å²) in [4.78, 5) is 23.8. The lowest BCUT2D eigenvalue weighted by molar-refractivity contribution is -0.123. The molecule has 2 rings (SSSR count). The number of sulfonamides is 1. The van der Waals surface area contributed by atoms with Gasteiger partial charge in [0.05, 0.1) is 23.6 Å². The number of benzene rings is 2. The third kappa shape index (κ3) is 5.25. The molecule has 2 amide bonds. The fourth-order valence-electron chi connectivity index (χ4n) is 2.05. The topological polar surface area (TPSA) is 114 Å². The second kappa shape index (κ2) is 8.60. The largest absolute Gasteiger partial charge is 0.497 e. The van der Waals surface area contributed by atoms with Gasteiger partial charge in [0.15, 0.2) is 0 Å². The molecule has 0 saturated heterocycles. The predicted molar refractivity (Wildman–Crippen MR) is 94.8 cm³/mol. The number of carbonyl (C=O) groups is 2. The predicted octanol–water partition coefficient (Wildman–Crippen LogP) is 0.962. The Balaban J connectivity index is 1.96. The molecular weight excluding hydrogens is 377 g/mol. The highest BCUT2D eigenvalue weighted by atomic mass is 32.2. The van der Waals surface area contributed by atoms with Gasteiger partial charge in [-0.3, -0.25) is 20.4 Å². The van der Waals surface area contributed by atoms with E-state index < -0.39 is 33.7 Å². The lowest BCUT2D eigenvalue weighted by atomic mass is 10.2. The first kappa shape index (κ1) is 20.3. The van der Waals surface area contributed by atoms with Gasteiger partial charge in [-0.2, -0.15) is 4.72 Å². The molecule has 0 fully saturated rings. The summed E-state index contributed by atoms with van der Waals surface area (Å²) >= 11 is 0. The lowest BCUT2D eigenvalue weighted by Gasteiger charge is -2.15. The first-order valence-electron chi connectivity index (χ1n) is 7.75. The molecule has 2 aromatic rings. The average molecular weight is 395 g/mol. The van der Waals surface area contributed by atoms with Gasteiger partial charge in [0.1, 0.15) is 11.6 Å². The molecule has 0 saturated carbocycles. The molecule has 27 heavy (non-hydrogen) atoms. The summed E-state index contributed by atoms with van der Waals surface area (Å²) in [5.74, 6) is -1.96. The van der Waals surface area contributed by atoms with Gasteiger partial charge in [-0.25, -0.2) is 12.8 Å². The van der Waals surface area contributed by atoms with Crippen molar-refractivity contribution >= 4 is 21.8 Å². The average Bonchev–Trinajstić information content (AvgIpc) is 2.65. The van der Waals surface area contributed by atoms with E-state index in [1.165, 1.54) is 56.5 Å². The third-order valence-electron chi connectivity index (χ3n) is 3.51. The van der Waals surface area contributed by atoms with E-state index in [0.29, 0.717) is 5.75 Å². The Bertz CT molecular complexity index is 932. The van der Waals surface area contributed by atoms with Crippen molar-refractivity contribution in [1.82, 2.24) is 15.6 Å². The fourth-order valence-corrected chi connectivity index (χ4v) is 3.25. The van der Waals surface area contributed by atoms with Crippen LogP contribution in [0.1, 0.15) is 17.3 Å². The van der Waals surface area contributed by atoms with E-state index in [-0.39, 0.29) is 10.5 Å². The standard InChI is InChI=1S/C17H18FN3O5S/c1-11(21-27(24,25)13-9-7-12(26-2)8-10-13)16(22)19-20-17(23)14-5-3-4-6-15(14)18/h3-11,21H,1-2H3,(H,19,22)(H,20,23)/t11-/m0/s1. The monoisotopic (exact) mass is 395 g/mol. The molecule has 8 nitrogen and oxygen atoms in total. The highest BCUT2D eigenvalue weighted by molar-refractivity contribution is 7.89. The SMILES string of the molecule is COc1ccc(S(=O)(=O)N[C@@H](C)C(=O)NNC(=O)c2ccccc2F)cc1. The van der Waals surface area contributed by atoms with Crippen LogP contribution in [0.25, 0.3) is 0 Å². The Hall–Kier alpha value is -2.98. The molecule has 0 unspecified atom stereocenters. The molecule has 0 radical (unpaired) electrons. The zero-order valence-corrected chi connectivity index (χ0v) is 15.3. The summed E-state index contributed by atoms with van der Waals surface area (Å²) in [6.07, 6.45) is 0. The second-order valence-corrected chi connectivity index (χ2v) is 7.16. The van der Waals surface area contributed by atoms with Crippen LogP contribution >= 0.6 is 0 Å². The van der Waals surface area contributed by atoms with Gasteiger partial charge in [0.25, 0.3) is 11.8 Å². The van der Waals surface area contributed by atoms with E-state index >= 15 is 0 Å². The van der Waals surface area contributed by atoms with E-state index in [1.54, 1.807) is 0 Å². The molecule has 144 valence electrons. The summed E-state index contributed by atoms with van der Waals surface area (Å²) in [5, 5.41) is 0. The number of carbonyl (C=O) groups excluding carboxylic acids is 2. The third-order valence-corrected chi connectivity index (χ3v) is 5.07. The first-order chi connectivity index (χ1) is 12.7. The highest BCUT2D eigenvalue weighted by Gasteiger charge is 2.22. The van der Waals surface area contributed by atoms with E-state index in [1.807, 2.05) is 10.9 Å². The van der Waals surface area contributed by atoms with Crippen molar-refractivity contribution in [3.63, 3.8) is 0 Å². The summed E-state index contributed by atoms with van der Waals surface area (Å²) in [6.45, 7) is 1.30. The molecule has 0 spiro atoms. The van der Waals surface area contributed by atoms with Crippen LogP contribution < -0.4 is 20.3 Å². The van der Waals surface area contributed by atoms with Crippen molar-refractivity contribution < 1.29 is 27.1 Å². The van der Waals surface area contributed by atoms with Gasteiger partial charge in [-0.05, 0) is 43.3 Å². The molecule has 1 atom stereocenters. The van der Waals surface area contributed by atoms with Crippen LogP contribution in [-0.2, 0) is 14.8 Å². The van der Waals surface area contributed by atoms with Crippen LogP contribution in [0, 0.1) is 5.82 Å². The van der Waals surface area contributed by atoms with Crippen molar-refractivity contribution in [3.05, 3.63) is 59.9 Å². The maximum absolute atomic E-state index is 13.5. The maximum Gasteiger partial charge on any atom is 0.272 e. The minimum absolute atomic E-state index is 0.0571. The molecule has 0 aliphatic heterocycles. The van der Waals surface area contributed by atoms with Gasteiger partial charge in [0, 0.05) is 0 Å². The molecule has 3 N–H and O–H groups in total. The van der Waals surface area contributed by atoms with E-state index in [9.17, 15) is 22.4 Å². The van der Waals surface area contributed by atoms with Crippen LogP contribution in [0.2, 0.25) is 0 Å². The quantitative estimate of drug-likeness (QED) is 0.631. The zero-order chi connectivity index (χ0) is 20.0. The Morgan fingerprint density at radius 3 is 2.26 bits per heavy atom. The molecule has 0 aromatic heterocycles. The number of ether oxygens (including phenoxy) is 1. The second-order valence-electron chi connectivity index (χ2n) is 5.44. The highest BCUT2D eigenvalue weighted by Crippen LogP contribution is 2.15. The van der Waals surface area contributed by atoms with Crippen molar-refractivity contribution in [3.8, 4) is 5.75 Å². The number of nitrogens with one attached hydrogen (secondary N) is 3. The van der Waals surface area contributed by atoms with Crippen molar-refractivity contribution in [2.75, 3.05) is 7.11 Å². The minimum atomic E-state index is -3.97. The van der Waals surface area contributed by atoms with E-state index in [4.69, 9.17) is 4.74 Å². The van der Waals surface area contributed by atoms with Crippen molar-refractivity contribution in [2.24, 2.45) is 0 Å². The molecule has 0 aliphatic rings. The number of methoxy groups -OCH3 is 1. The number of hydrogen-bond donors (Lipinski definition) is 3. The Labute approximate surface area is 155 Å². The number of halogens is 1. The number of rotatable bonds is 6. The van der Waals surface area contributed by atoms with Gasteiger partial charge in [-0.15, -0.1) is 0 Å². The molecule has 0 heterocycles. The fraction of sp³-hybridized carbons (Fsp3) is 0.176. The molecule has 2 aromatic carbocycles. The summed E-state index contributed by atoms with van der Waals surface area (Å²) in [5.41, 5.74) is 3.82. The smallest absolute Gasteiger partial charge is 0.272 e. The van der Waals surface area contributed by atoms with Crippen molar-refractivity contribution in [1.29, 1.82) is 0 Å². The number of amides is 2. The zero-order valence-electron chi connectivity index (χ0n) is 14.5. The van der Waals surface area contributed by atoms with Crippen LogP contribution in [0.15, 0.2) is 53.4 Å². The van der Waals surface area contributed by atoms with Crippen molar-refractivity contribution in [2.45, 2.75) is 17.9 Å². The summed E-state index contributed by atoms with van der Waals surface area (Å²) in [6, 6.07) is 9.61. The van der Waals surface area contributed by atoms with Gasteiger partial charge < -0.3 is 4.74 Å². The Morgan fingerprint density at radius 2 is 1.67 bits per heavy atom.